The highest BCUT2D eigenvalue weighted by molar-refractivity contribution is 5.79. The number of H-pyrrole nitrogens is 1. The molecule has 2 fully saturated rings. The maximum Gasteiger partial charge on any atom is 0.275 e. The quantitative estimate of drug-likeness (QED) is 0.749. The van der Waals surface area contributed by atoms with Crippen LogP contribution in [0.15, 0.2) is 4.79 Å². The minimum atomic E-state index is -1.01. The number of aromatic amines is 1. The molecule has 120 valence electrons. The predicted molar refractivity (Wildman–Crippen MR) is 78.9 cm³/mol. The lowest BCUT2D eigenvalue weighted by atomic mass is 10.1. The standard InChI is InChI=1S/C15H22N4O3/c1-2-10(16-12(20)9-5-3-4-6-9)11-13(21)17-14(19-18-11)15(22)7-8-15/h9-10,22H,2-8H2,1H3,(H,16,20)(H,17,19,21). The van der Waals surface area contributed by atoms with E-state index in [4.69, 9.17) is 0 Å². The van der Waals surface area contributed by atoms with Crippen molar-refractivity contribution in [2.75, 3.05) is 0 Å². The Kier molecular flexibility index (Phi) is 3.99. The molecular weight excluding hydrogens is 284 g/mol. The highest BCUT2D eigenvalue weighted by Crippen LogP contribution is 2.42. The van der Waals surface area contributed by atoms with E-state index in [1.54, 1.807) is 0 Å². The van der Waals surface area contributed by atoms with Crippen LogP contribution in [0.5, 0.6) is 0 Å². The molecule has 1 aromatic heterocycles. The number of aromatic nitrogens is 3. The number of carbonyl (C=O) groups is 1. The molecule has 1 atom stereocenters. The van der Waals surface area contributed by atoms with Gasteiger partial charge in [-0.3, -0.25) is 9.59 Å². The van der Waals surface area contributed by atoms with E-state index < -0.39 is 11.6 Å². The largest absolute Gasteiger partial charge is 0.382 e. The molecule has 2 aliphatic rings. The van der Waals surface area contributed by atoms with Crippen molar-refractivity contribution < 1.29 is 9.90 Å². The van der Waals surface area contributed by atoms with Crippen LogP contribution < -0.4 is 10.9 Å². The molecule has 0 spiro atoms. The molecule has 1 aromatic rings. The van der Waals surface area contributed by atoms with Gasteiger partial charge in [-0.25, -0.2) is 0 Å². The van der Waals surface area contributed by atoms with Crippen molar-refractivity contribution in [3.63, 3.8) is 0 Å². The molecule has 2 saturated carbocycles. The van der Waals surface area contributed by atoms with Gasteiger partial charge in [0.15, 0.2) is 11.5 Å². The molecule has 7 heteroatoms. The van der Waals surface area contributed by atoms with Crippen molar-refractivity contribution in [2.45, 2.75) is 63.5 Å². The normalized spacial score (nSPS) is 21.5. The minimum absolute atomic E-state index is 0.00421. The topological polar surface area (TPSA) is 108 Å². The van der Waals surface area contributed by atoms with Crippen LogP contribution >= 0.6 is 0 Å². The van der Waals surface area contributed by atoms with E-state index in [0.29, 0.717) is 19.3 Å². The van der Waals surface area contributed by atoms with E-state index in [9.17, 15) is 14.7 Å². The van der Waals surface area contributed by atoms with E-state index in [-0.39, 0.29) is 28.9 Å². The van der Waals surface area contributed by atoms with Crippen LogP contribution in [-0.2, 0) is 10.4 Å². The fourth-order valence-electron chi connectivity index (χ4n) is 2.98. The molecule has 1 heterocycles. The molecule has 7 nitrogen and oxygen atoms in total. The van der Waals surface area contributed by atoms with Gasteiger partial charge in [0.25, 0.3) is 5.56 Å². The Hall–Kier alpha value is -1.76. The summed E-state index contributed by atoms with van der Waals surface area (Å²) >= 11 is 0. The zero-order chi connectivity index (χ0) is 15.7. The Morgan fingerprint density at radius 1 is 1.41 bits per heavy atom. The molecule has 3 rings (SSSR count). The molecule has 2 aliphatic carbocycles. The maximum absolute atomic E-state index is 12.2. The Balaban J connectivity index is 1.75. The highest BCUT2D eigenvalue weighted by Gasteiger charge is 2.45. The number of rotatable bonds is 5. The van der Waals surface area contributed by atoms with Crippen LogP contribution in [0.1, 0.15) is 69.4 Å². The third kappa shape index (κ3) is 2.90. The third-order valence-corrected chi connectivity index (χ3v) is 4.67. The Morgan fingerprint density at radius 3 is 2.64 bits per heavy atom. The molecule has 1 unspecified atom stereocenters. The van der Waals surface area contributed by atoms with Gasteiger partial charge in [0.2, 0.25) is 5.91 Å². The van der Waals surface area contributed by atoms with Crippen molar-refractivity contribution in [1.29, 1.82) is 0 Å². The van der Waals surface area contributed by atoms with E-state index in [0.717, 1.165) is 25.7 Å². The number of carbonyl (C=O) groups excluding carboxylic acids is 1. The summed E-state index contributed by atoms with van der Waals surface area (Å²) < 4.78 is 0. The van der Waals surface area contributed by atoms with Gasteiger partial charge in [-0.15, -0.1) is 10.2 Å². The summed E-state index contributed by atoms with van der Waals surface area (Å²) in [6.45, 7) is 1.89. The first-order valence-electron chi connectivity index (χ1n) is 8.03. The Bertz CT molecular complexity index is 617. The first-order valence-corrected chi connectivity index (χ1v) is 8.03. The fourth-order valence-corrected chi connectivity index (χ4v) is 2.98. The fraction of sp³-hybridized carbons (Fsp3) is 0.733. The highest BCUT2D eigenvalue weighted by atomic mass is 16.3. The molecule has 0 bridgehead atoms. The average Bonchev–Trinajstić information content (AvgIpc) is 3.04. The first kappa shape index (κ1) is 15.1. The summed E-state index contributed by atoms with van der Waals surface area (Å²) in [6.07, 6.45) is 5.75. The van der Waals surface area contributed by atoms with Gasteiger partial charge in [-0.2, -0.15) is 0 Å². The molecule has 1 amide bonds. The molecule has 3 N–H and O–H groups in total. The summed E-state index contributed by atoms with van der Waals surface area (Å²) in [5, 5.41) is 20.8. The van der Waals surface area contributed by atoms with Crippen molar-refractivity contribution in [2.24, 2.45) is 5.92 Å². The second kappa shape index (κ2) is 5.79. The van der Waals surface area contributed by atoms with Crippen molar-refractivity contribution in [3.05, 3.63) is 21.9 Å². The van der Waals surface area contributed by atoms with Gasteiger partial charge in [0.05, 0.1) is 6.04 Å². The van der Waals surface area contributed by atoms with Crippen molar-refractivity contribution in [3.8, 4) is 0 Å². The maximum atomic E-state index is 12.2. The van der Waals surface area contributed by atoms with Crippen molar-refractivity contribution >= 4 is 5.91 Å². The second-order valence-electron chi connectivity index (χ2n) is 6.37. The summed E-state index contributed by atoms with van der Waals surface area (Å²) in [5.41, 5.74) is -1.19. The molecule has 22 heavy (non-hydrogen) atoms. The molecule has 0 radical (unpaired) electrons. The van der Waals surface area contributed by atoms with Crippen LogP contribution in [0, 0.1) is 5.92 Å². The molecule has 0 aliphatic heterocycles. The number of amides is 1. The predicted octanol–water partition coefficient (Wildman–Crippen LogP) is 0.904. The van der Waals surface area contributed by atoms with E-state index >= 15 is 0 Å². The monoisotopic (exact) mass is 306 g/mol. The van der Waals surface area contributed by atoms with Crippen LogP contribution in [0.3, 0.4) is 0 Å². The van der Waals surface area contributed by atoms with Crippen LogP contribution in [0.25, 0.3) is 0 Å². The van der Waals surface area contributed by atoms with Gasteiger partial charge in [0, 0.05) is 5.92 Å². The summed E-state index contributed by atoms with van der Waals surface area (Å²) in [5.74, 6) is 0.265. The van der Waals surface area contributed by atoms with Gasteiger partial charge < -0.3 is 15.4 Å². The summed E-state index contributed by atoms with van der Waals surface area (Å²) in [6, 6.07) is -0.438. The Morgan fingerprint density at radius 2 is 2.09 bits per heavy atom. The van der Waals surface area contributed by atoms with E-state index in [1.165, 1.54) is 0 Å². The zero-order valence-corrected chi connectivity index (χ0v) is 12.8. The molecule has 0 saturated heterocycles. The number of nitrogens with zero attached hydrogens (tertiary/aromatic N) is 2. The lowest BCUT2D eigenvalue weighted by Gasteiger charge is -2.18. The second-order valence-corrected chi connectivity index (χ2v) is 6.37. The average molecular weight is 306 g/mol. The van der Waals surface area contributed by atoms with Crippen LogP contribution in [0.4, 0.5) is 0 Å². The van der Waals surface area contributed by atoms with Gasteiger partial charge >= 0.3 is 0 Å². The third-order valence-electron chi connectivity index (χ3n) is 4.67. The first-order chi connectivity index (χ1) is 10.5. The number of hydrogen-bond donors (Lipinski definition) is 3. The lowest BCUT2D eigenvalue weighted by molar-refractivity contribution is -0.125. The smallest absolute Gasteiger partial charge is 0.275 e. The SMILES string of the molecule is CCC(NC(=O)C1CCCC1)c1nnc(C2(O)CC2)[nH]c1=O. The lowest BCUT2D eigenvalue weighted by Crippen LogP contribution is -2.37. The molecule has 0 aromatic carbocycles. The van der Waals surface area contributed by atoms with Crippen LogP contribution in [0.2, 0.25) is 0 Å². The van der Waals surface area contributed by atoms with Crippen molar-refractivity contribution in [1.82, 2.24) is 20.5 Å². The van der Waals surface area contributed by atoms with E-state index in [2.05, 4.69) is 20.5 Å². The summed E-state index contributed by atoms with van der Waals surface area (Å²) in [4.78, 5) is 27.0. The van der Waals surface area contributed by atoms with Gasteiger partial charge in [-0.05, 0) is 32.1 Å². The van der Waals surface area contributed by atoms with E-state index in [1.807, 2.05) is 6.92 Å². The molecular formula is C15H22N4O3. The van der Waals surface area contributed by atoms with Crippen LogP contribution in [-0.4, -0.2) is 26.2 Å². The minimum Gasteiger partial charge on any atom is -0.382 e. The van der Waals surface area contributed by atoms with Gasteiger partial charge in [-0.1, -0.05) is 19.8 Å². The number of hydrogen-bond acceptors (Lipinski definition) is 5. The number of nitrogens with one attached hydrogen (secondary N) is 2. The Labute approximate surface area is 128 Å². The summed E-state index contributed by atoms with van der Waals surface area (Å²) in [7, 11) is 0. The number of aliphatic hydroxyl groups is 1. The van der Waals surface area contributed by atoms with Gasteiger partial charge in [0.1, 0.15) is 5.60 Å². The zero-order valence-electron chi connectivity index (χ0n) is 12.8.